The summed E-state index contributed by atoms with van der Waals surface area (Å²) in [7, 11) is 1.71. The summed E-state index contributed by atoms with van der Waals surface area (Å²) >= 11 is 0. The minimum absolute atomic E-state index is 0.294. The number of hydrogen-bond donors (Lipinski definition) is 0. The van der Waals surface area contributed by atoms with Crippen molar-refractivity contribution in [3.8, 4) is 5.75 Å². The number of pyridine rings is 1. The fourth-order valence-corrected chi connectivity index (χ4v) is 3.07. The highest BCUT2D eigenvalue weighted by Gasteiger charge is 2.39. The third-order valence-corrected chi connectivity index (χ3v) is 4.62. The molecule has 0 bridgehead atoms. The molecule has 128 valence electrons. The summed E-state index contributed by atoms with van der Waals surface area (Å²) < 4.78 is 24.8. The lowest BCUT2D eigenvalue weighted by molar-refractivity contribution is -0.0360. The van der Waals surface area contributed by atoms with Gasteiger partial charge in [-0.15, -0.1) is 0 Å². The molecule has 1 fully saturated rings. The first-order valence-electron chi connectivity index (χ1n) is 8.17. The van der Waals surface area contributed by atoms with Crippen molar-refractivity contribution in [1.29, 1.82) is 0 Å². The molecule has 0 radical (unpaired) electrons. The van der Waals surface area contributed by atoms with Crippen molar-refractivity contribution in [3.63, 3.8) is 0 Å². The van der Waals surface area contributed by atoms with Crippen molar-refractivity contribution in [2.75, 3.05) is 26.8 Å². The van der Waals surface area contributed by atoms with E-state index in [4.69, 9.17) is 9.47 Å². The summed E-state index contributed by atoms with van der Waals surface area (Å²) in [5.74, 6) is 0.239. The Bertz CT molecular complexity index is 695. The zero-order chi connectivity index (χ0) is 17.0. The Morgan fingerprint density at radius 2 is 2.17 bits per heavy atom. The van der Waals surface area contributed by atoms with Crippen LogP contribution in [0, 0.1) is 12.7 Å². The van der Waals surface area contributed by atoms with E-state index in [2.05, 4.69) is 22.9 Å². The van der Waals surface area contributed by atoms with Gasteiger partial charge in [-0.05, 0) is 37.1 Å². The first-order valence-corrected chi connectivity index (χ1v) is 8.17. The lowest BCUT2D eigenvalue weighted by Crippen LogP contribution is -2.41. The minimum atomic E-state index is -0.366. The number of ether oxygens (including phenoxy) is 2. The van der Waals surface area contributed by atoms with Crippen LogP contribution in [0.1, 0.15) is 17.7 Å². The first kappa shape index (κ1) is 16.9. The van der Waals surface area contributed by atoms with Crippen molar-refractivity contribution in [3.05, 3.63) is 59.7 Å². The molecule has 0 saturated carbocycles. The first-order chi connectivity index (χ1) is 11.6. The molecule has 0 aliphatic carbocycles. The molecule has 1 saturated heterocycles. The molecule has 2 aromatic rings. The molecule has 1 atom stereocenters. The number of halogens is 1. The summed E-state index contributed by atoms with van der Waals surface area (Å²) in [6.45, 7) is 4.99. The second-order valence-corrected chi connectivity index (χ2v) is 6.36. The van der Waals surface area contributed by atoms with Gasteiger partial charge in [0.05, 0.1) is 5.69 Å². The standard InChI is InChI=1S/C19H23FN2O2/c1-15-5-4-9-21-18(15)12-22-10-8-19(13-22,23-2)14-24-17-7-3-6-16(20)11-17/h3-7,9,11H,8,10,12-14H2,1-2H3. The number of aromatic nitrogens is 1. The summed E-state index contributed by atoms with van der Waals surface area (Å²) in [6.07, 6.45) is 2.71. The van der Waals surface area contributed by atoms with Crippen LogP contribution in [0.2, 0.25) is 0 Å². The monoisotopic (exact) mass is 330 g/mol. The summed E-state index contributed by atoms with van der Waals surface area (Å²) in [5.41, 5.74) is 1.92. The molecular weight excluding hydrogens is 307 g/mol. The Hall–Kier alpha value is -1.98. The molecule has 2 heterocycles. The molecule has 4 nitrogen and oxygen atoms in total. The number of nitrogens with zero attached hydrogens (tertiary/aromatic N) is 2. The van der Waals surface area contributed by atoms with Gasteiger partial charge in [0.15, 0.2) is 0 Å². The van der Waals surface area contributed by atoms with Crippen molar-refractivity contribution in [2.45, 2.75) is 25.5 Å². The largest absolute Gasteiger partial charge is 0.490 e. The van der Waals surface area contributed by atoms with Gasteiger partial charge in [-0.2, -0.15) is 0 Å². The predicted molar refractivity (Wildman–Crippen MR) is 90.5 cm³/mol. The zero-order valence-corrected chi connectivity index (χ0v) is 14.2. The van der Waals surface area contributed by atoms with Crippen LogP contribution in [0.5, 0.6) is 5.75 Å². The molecule has 1 aromatic heterocycles. The van der Waals surface area contributed by atoms with Crippen LogP contribution >= 0.6 is 0 Å². The molecule has 1 aliphatic heterocycles. The van der Waals surface area contributed by atoms with E-state index in [1.54, 1.807) is 19.2 Å². The Morgan fingerprint density at radius 1 is 1.29 bits per heavy atom. The van der Waals surface area contributed by atoms with Gasteiger partial charge in [0.1, 0.15) is 23.8 Å². The Labute approximate surface area is 142 Å². The van der Waals surface area contributed by atoms with Crippen molar-refractivity contribution < 1.29 is 13.9 Å². The predicted octanol–water partition coefficient (Wildman–Crippen LogP) is 3.20. The quantitative estimate of drug-likeness (QED) is 0.815. The molecule has 1 aliphatic rings. The maximum absolute atomic E-state index is 13.3. The molecule has 0 N–H and O–H groups in total. The smallest absolute Gasteiger partial charge is 0.126 e. The summed E-state index contributed by atoms with van der Waals surface area (Å²) in [5, 5.41) is 0. The summed E-state index contributed by atoms with van der Waals surface area (Å²) in [4.78, 5) is 6.79. The van der Waals surface area contributed by atoms with Crippen molar-refractivity contribution in [2.24, 2.45) is 0 Å². The summed E-state index contributed by atoms with van der Waals surface area (Å²) in [6, 6.07) is 10.2. The Morgan fingerprint density at radius 3 is 2.92 bits per heavy atom. The number of rotatable bonds is 6. The van der Waals surface area contributed by atoms with Crippen LogP contribution in [-0.2, 0) is 11.3 Å². The SMILES string of the molecule is COC1(COc2cccc(F)c2)CCN(Cc2ncccc2C)C1. The third kappa shape index (κ3) is 3.91. The average Bonchev–Trinajstić information content (AvgIpc) is 2.99. The van der Waals surface area contributed by atoms with Crippen LogP contribution in [-0.4, -0.2) is 42.3 Å². The van der Waals surface area contributed by atoms with Crippen LogP contribution in [0.15, 0.2) is 42.6 Å². The van der Waals surface area contributed by atoms with Gasteiger partial charge in [0, 0.05) is 39.0 Å². The fraction of sp³-hybridized carbons (Fsp3) is 0.421. The van der Waals surface area contributed by atoms with Gasteiger partial charge in [0.2, 0.25) is 0 Å². The van der Waals surface area contributed by atoms with Gasteiger partial charge in [-0.25, -0.2) is 4.39 Å². The average molecular weight is 330 g/mol. The molecule has 1 unspecified atom stereocenters. The molecule has 0 spiro atoms. The van der Waals surface area contributed by atoms with Gasteiger partial charge >= 0.3 is 0 Å². The number of hydrogen-bond acceptors (Lipinski definition) is 4. The second-order valence-electron chi connectivity index (χ2n) is 6.36. The van der Waals surface area contributed by atoms with E-state index >= 15 is 0 Å². The van der Waals surface area contributed by atoms with E-state index in [0.717, 1.165) is 31.7 Å². The highest BCUT2D eigenvalue weighted by molar-refractivity contribution is 5.22. The number of methoxy groups -OCH3 is 1. The number of aryl methyl sites for hydroxylation is 1. The zero-order valence-electron chi connectivity index (χ0n) is 14.2. The van der Waals surface area contributed by atoms with E-state index in [-0.39, 0.29) is 11.4 Å². The topological polar surface area (TPSA) is 34.6 Å². The molecule has 3 rings (SSSR count). The maximum Gasteiger partial charge on any atom is 0.126 e. The Balaban J connectivity index is 1.61. The van der Waals surface area contributed by atoms with Gasteiger partial charge in [-0.3, -0.25) is 9.88 Å². The molecule has 24 heavy (non-hydrogen) atoms. The lowest BCUT2D eigenvalue weighted by Gasteiger charge is -2.28. The van der Waals surface area contributed by atoms with Gasteiger partial charge < -0.3 is 9.47 Å². The van der Waals surface area contributed by atoms with Gasteiger partial charge in [-0.1, -0.05) is 12.1 Å². The molecule has 1 aromatic carbocycles. The second kappa shape index (κ2) is 7.28. The van der Waals surface area contributed by atoms with Crippen molar-refractivity contribution >= 4 is 0 Å². The van der Waals surface area contributed by atoms with Crippen LogP contribution in [0.3, 0.4) is 0 Å². The van der Waals surface area contributed by atoms with E-state index in [0.29, 0.717) is 12.4 Å². The van der Waals surface area contributed by atoms with E-state index in [1.807, 2.05) is 12.3 Å². The lowest BCUT2D eigenvalue weighted by atomic mass is 10.0. The van der Waals surface area contributed by atoms with E-state index < -0.39 is 0 Å². The van der Waals surface area contributed by atoms with Crippen LogP contribution in [0.25, 0.3) is 0 Å². The van der Waals surface area contributed by atoms with Crippen LogP contribution in [0.4, 0.5) is 4.39 Å². The highest BCUT2D eigenvalue weighted by Crippen LogP contribution is 2.27. The maximum atomic E-state index is 13.3. The number of likely N-dealkylation sites (tertiary alicyclic amines) is 1. The third-order valence-electron chi connectivity index (χ3n) is 4.62. The van der Waals surface area contributed by atoms with Crippen molar-refractivity contribution in [1.82, 2.24) is 9.88 Å². The number of benzene rings is 1. The minimum Gasteiger partial charge on any atom is -0.490 e. The van der Waals surface area contributed by atoms with E-state index in [1.165, 1.54) is 17.7 Å². The Kier molecular flexibility index (Phi) is 5.11. The molecular formula is C19H23FN2O2. The van der Waals surface area contributed by atoms with Crippen LogP contribution < -0.4 is 4.74 Å². The molecule has 0 amide bonds. The fourth-order valence-electron chi connectivity index (χ4n) is 3.07. The molecule has 5 heteroatoms. The highest BCUT2D eigenvalue weighted by atomic mass is 19.1. The van der Waals surface area contributed by atoms with Gasteiger partial charge in [0.25, 0.3) is 0 Å². The van der Waals surface area contributed by atoms with E-state index in [9.17, 15) is 4.39 Å². The normalized spacial score (nSPS) is 21.1.